The number of hydrogen-bond donors (Lipinski definition) is 0. The molecular formula is C42H52B26O. The van der Waals surface area contributed by atoms with Gasteiger partial charge in [-0.2, -0.15) is 0 Å². The predicted molar refractivity (Wildman–Crippen MR) is 395 cm³/mol. The average molecular weight is 854 g/mol. The fraction of sp³-hybridized carbons (Fsp3) is 0. The summed E-state index contributed by atoms with van der Waals surface area (Å²) in [5, 5.41) is 11.1. The lowest BCUT2D eigenvalue weighted by atomic mass is 9.55. The Morgan fingerprint density at radius 3 is 0.696 bits per heavy atom. The van der Waals surface area contributed by atoms with Gasteiger partial charge in [-0.1, -0.05) is 104 Å². The average Bonchev–Trinajstić information content (AvgIpc) is 3.72. The first-order valence-electron chi connectivity index (χ1n) is 25.7. The molecule has 0 spiro atoms. The predicted octanol–water partition coefficient (Wildman–Crippen LogP) is -33.2. The van der Waals surface area contributed by atoms with Gasteiger partial charge in [-0.05, 0) is 65.7 Å². The van der Waals surface area contributed by atoms with Crippen LogP contribution in [0, 0.1) is 0 Å². The van der Waals surface area contributed by atoms with Gasteiger partial charge in [0.15, 0.2) is 0 Å². The maximum atomic E-state index is 7.07. The highest BCUT2D eigenvalue weighted by atomic mass is 16.3. The molecule has 304 valence electrons. The van der Waals surface area contributed by atoms with E-state index in [2.05, 4.69) is 204 Å². The van der Waals surface area contributed by atoms with Gasteiger partial charge in [-0.25, -0.2) is 0 Å². The fourth-order valence-corrected chi connectivity index (χ4v) is 13.7. The highest BCUT2D eigenvalue weighted by Gasteiger charge is 2.31. The van der Waals surface area contributed by atoms with Crippen LogP contribution in [0.5, 0.6) is 0 Å². The first-order valence-corrected chi connectivity index (χ1v) is 25.7. The largest absolute Gasteiger partial charge is 0.457 e. The molecule has 0 aliphatic heterocycles. The summed E-state index contributed by atoms with van der Waals surface area (Å²) < 4.78 is 7.07. The molecule has 69 heavy (non-hydrogen) atoms. The summed E-state index contributed by atoms with van der Waals surface area (Å²) in [7, 11) is 61.4. The molecule has 0 radical (unpaired) electrons. The molecule has 0 amide bonds. The van der Waals surface area contributed by atoms with Crippen LogP contribution in [0.3, 0.4) is 0 Å². The van der Waals surface area contributed by atoms with E-state index in [1.807, 2.05) is 0 Å². The summed E-state index contributed by atoms with van der Waals surface area (Å²) in [5.74, 6) is 0. The van der Waals surface area contributed by atoms with Crippen molar-refractivity contribution < 1.29 is 4.42 Å². The molecule has 0 bridgehead atoms. The van der Waals surface area contributed by atoms with Crippen LogP contribution in [0.2, 0.25) is 0 Å². The van der Waals surface area contributed by atoms with E-state index >= 15 is 0 Å². The summed E-state index contributed by atoms with van der Waals surface area (Å²) in [6.45, 7) is 0. The van der Waals surface area contributed by atoms with E-state index in [0.29, 0.717) is 0 Å². The van der Waals surface area contributed by atoms with Gasteiger partial charge < -0.3 is 4.42 Å². The van der Waals surface area contributed by atoms with Gasteiger partial charge in [0.1, 0.15) is 215 Å². The molecule has 1 aromatic heterocycles. The molecule has 27 heteroatoms. The number of hydrogen-bond acceptors (Lipinski definition) is 1. The van der Waals surface area contributed by atoms with Gasteiger partial charge in [0.25, 0.3) is 0 Å². The molecular weight excluding hydrogens is 802 g/mol. The van der Waals surface area contributed by atoms with Gasteiger partial charge >= 0.3 is 0 Å². The van der Waals surface area contributed by atoms with Crippen LogP contribution in [0.4, 0.5) is 0 Å². The summed E-state index contributed by atoms with van der Waals surface area (Å²) in [4.78, 5) is 0. The highest BCUT2D eigenvalue weighted by molar-refractivity contribution is 6.77. The van der Waals surface area contributed by atoms with Gasteiger partial charge in [-0.3, -0.25) is 0 Å². The number of rotatable bonds is 3. The summed E-state index contributed by atoms with van der Waals surface area (Å²) in [6.07, 6.45) is 0. The maximum absolute atomic E-state index is 7.07. The number of furan rings is 1. The van der Waals surface area contributed by atoms with Crippen molar-refractivity contribution >= 4 is 400 Å². The number of fused-ring (bicyclic) bond motifs is 6. The van der Waals surface area contributed by atoms with Gasteiger partial charge in [0.2, 0.25) is 0 Å². The normalized spacial score (nSPS) is 11.8. The van der Waals surface area contributed by atoms with E-state index in [1.165, 1.54) is 219 Å². The molecule has 0 atom stereocenters. The first-order chi connectivity index (χ1) is 32.2. The van der Waals surface area contributed by atoms with Gasteiger partial charge in [-0.15, -0.1) is 38.2 Å². The lowest BCUT2D eigenvalue weighted by Crippen LogP contribution is -2.53. The molecule has 1 nitrogen and oxygen atoms in total. The van der Waals surface area contributed by atoms with Crippen molar-refractivity contribution in [3.63, 3.8) is 0 Å². The Morgan fingerprint density at radius 2 is 0.333 bits per heavy atom. The Kier molecular flexibility index (Phi) is 12.2. The van der Waals surface area contributed by atoms with Crippen LogP contribution in [-0.4, -0.2) is 204 Å². The minimum atomic E-state index is 1.03. The summed E-state index contributed by atoms with van der Waals surface area (Å²) in [5.41, 5.74) is 45.9. The second-order valence-corrected chi connectivity index (χ2v) is 22.3. The van der Waals surface area contributed by atoms with Gasteiger partial charge in [0.05, 0.1) is 0 Å². The molecule has 0 fully saturated rings. The van der Waals surface area contributed by atoms with Crippen molar-refractivity contribution in [1.29, 1.82) is 0 Å². The van der Waals surface area contributed by atoms with Crippen LogP contribution in [0.25, 0.3) is 87.6 Å². The zero-order chi connectivity index (χ0) is 51.0. The Hall–Kier alpha value is -3.97. The lowest BCUT2D eigenvalue weighted by Gasteiger charge is -2.32. The monoisotopic (exact) mass is 859 g/mol. The Labute approximate surface area is 435 Å². The lowest BCUT2D eigenvalue weighted by molar-refractivity contribution is 0.675. The summed E-state index contributed by atoms with van der Waals surface area (Å²) >= 11 is 0. The second-order valence-electron chi connectivity index (χ2n) is 22.3. The smallest absolute Gasteiger partial charge is 0.143 e. The third-order valence-electron chi connectivity index (χ3n) is 19.9. The van der Waals surface area contributed by atoms with Crippen molar-refractivity contribution in [3.05, 3.63) is 0 Å². The van der Waals surface area contributed by atoms with Crippen molar-refractivity contribution in [2.24, 2.45) is 0 Å². The van der Waals surface area contributed by atoms with Crippen molar-refractivity contribution in [3.8, 4) is 33.4 Å². The molecule has 8 aromatic carbocycles. The summed E-state index contributed by atoms with van der Waals surface area (Å²) in [6, 6.07) is 0. The van der Waals surface area contributed by atoms with E-state index in [4.69, 9.17) is 4.42 Å². The zero-order valence-electron chi connectivity index (χ0n) is 47.4. The molecule has 0 saturated heterocycles. The SMILES string of the molecule is Bc1c(B)c(-c2c(B)c(B)c(B)c3oc4c(B)c(B)c(B)c(B)c4c23)c(B)c(B)c1-c1c2c(B)c(B)c(B)c(B)c2c(-c2c(B)c(B)c3c(B)c(B)c(B)c(B)c3c2B)c2c(B)c(B)c(B)c(B)c12. The molecule has 9 rings (SSSR count). The molecule has 0 aliphatic rings. The molecule has 0 saturated carbocycles. The van der Waals surface area contributed by atoms with Crippen LogP contribution >= 0.6 is 0 Å². The van der Waals surface area contributed by atoms with Gasteiger partial charge in [0, 0.05) is 10.8 Å². The van der Waals surface area contributed by atoms with E-state index in [1.54, 1.807) is 0 Å². The number of benzene rings is 8. The first kappa shape index (κ1) is 50.0. The van der Waals surface area contributed by atoms with Crippen molar-refractivity contribution in [2.45, 2.75) is 0 Å². The van der Waals surface area contributed by atoms with E-state index in [9.17, 15) is 0 Å². The standard InChI is InChI=1S/C42H52B26O/c43-15-9(21(49)26(54)13-12(15)27(55)34(62)35(63)28(13)56)1-3-5(18(46)32(60)30(58)16(3)44)2(6-4(1)17(45)31(59)33(61)19(6)47)10-22(50)24(52)11(25(53)23(10)51)7-8-14-29(57)36(64)38(66)40(68)42(14)69-41(8)39(67)37(65)20(7)48/h43-68H2. The zero-order valence-corrected chi connectivity index (χ0v) is 47.4. The van der Waals surface area contributed by atoms with Crippen molar-refractivity contribution in [1.82, 2.24) is 0 Å². The van der Waals surface area contributed by atoms with E-state index in [0.717, 1.165) is 11.2 Å². The third-order valence-corrected chi connectivity index (χ3v) is 19.9. The van der Waals surface area contributed by atoms with Crippen LogP contribution < -0.4 is 142 Å². The Balaban J connectivity index is 1.55. The Bertz CT molecular complexity index is 3860. The van der Waals surface area contributed by atoms with Crippen LogP contribution in [0.15, 0.2) is 4.42 Å². The quantitative estimate of drug-likeness (QED) is 0.127. The topological polar surface area (TPSA) is 13.1 Å². The molecule has 9 aromatic rings. The molecule has 1 heterocycles. The highest BCUT2D eigenvalue weighted by Crippen LogP contribution is 2.39. The van der Waals surface area contributed by atoms with E-state index in [-0.39, 0.29) is 0 Å². The molecule has 0 unspecified atom stereocenters. The van der Waals surface area contributed by atoms with Crippen LogP contribution in [-0.2, 0) is 0 Å². The Morgan fingerprint density at radius 1 is 0.130 bits per heavy atom. The fourth-order valence-electron chi connectivity index (χ4n) is 13.7. The van der Waals surface area contributed by atoms with Crippen LogP contribution in [0.1, 0.15) is 0 Å². The maximum Gasteiger partial charge on any atom is 0.143 e. The van der Waals surface area contributed by atoms with Crippen molar-refractivity contribution in [2.75, 3.05) is 0 Å². The molecule has 0 aliphatic carbocycles. The van der Waals surface area contributed by atoms with E-state index < -0.39 is 0 Å². The minimum Gasteiger partial charge on any atom is -0.457 e. The molecule has 0 N–H and O–H groups in total. The minimum absolute atomic E-state index is 1.03. The third kappa shape index (κ3) is 6.41. The second kappa shape index (κ2) is 16.8.